The van der Waals surface area contributed by atoms with E-state index in [1.807, 2.05) is 0 Å². The van der Waals surface area contributed by atoms with Crippen LogP contribution in [0.2, 0.25) is 4.34 Å². The lowest BCUT2D eigenvalue weighted by Gasteiger charge is -2.10. The Hall–Kier alpha value is -2.95. The van der Waals surface area contributed by atoms with Gasteiger partial charge in [-0.25, -0.2) is 23.4 Å². The molecule has 4 rings (SSSR count). The second-order valence-electron chi connectivity index (χ2n) is 5.99. The third kappa shape index (κ3) is 4.56. The molecule has 0 radical (unpaired) electrons. The van der Waals surface area contributed by atoms with Gasteiger partial charge in [0, 0.05) is 29.8 Å². The number of imidazole rings is 1. The highest BCUT2D eigenvalue weighted by molar-refractivity contribution is 7.94. The van der Waals surface area contributed by atoms with Gasteiger partial charge in [0.2, 0.25) is 0 Å². The Balaban J connectivity index is 1.50. The Bertz CT molecular complexity index is 1240. The van der Waals surface area contributed by atoms with Crippen molar-refractivity contribution in [3.63, 3.8) is 0 Å². The second-order valence-corrected chi connectivity index (χ2v) is 9.62. The SMILES string of the molecule is Cc1nc(Nc2ccc(NS(=O)(=O)c3ccc(Cl)s3)cc2)cc(-n2ccnc2)n1. The van der Waals surface area contributed by atoms with Gasteiger partial charge >= 0.3 is 0 Å². The molecule has 2 N–H and O–H groups in total. The van der Waals surface area contributed by atoms with Gasteiger partial charge in [-0.2, -0.15) is 0 Å². The first kappa shape index (κ1) is 19.4. The molecule has 0 unspecified atom stereocenters. The fourth-order valence-corrected chi connectivity index (χ4v) is 5.10. The molecule has 4 aromatic rings. The van der Waals surface area contributed by atoms with Gasteiger partial charge in [0.25, 0.3) is 10.0 Å². The monoisotopic (exact) mass is 446 g/mol. The predicted molar refractivity (Wildman–Crippen MR) is 114 cm³/mol. The summed E-state index contributed by atoms with van der Waals surface area (Å²) in [7, 11) is -3.67. The van der Waals surface area contributed by atoms with E-state index in [1.54, 1.807) is 66.6 Å². The lowest BCUT2D eigenvalue weighted by Crippen LogP contribution is -2.11. The summed E-state index contributed by atoms with van der Waals surface area (Å²) in [5.74, 6) is 1.91. The van der Waals surface area contributed by atoms with E-state index >= 15 is 0 Å². The Labute approximate surface area is 176 Å². The molecule has 0 aliphatic rings. The first-order chi connectivity index (χ1) is 13.9. The number of benzene rings is 1. The molecule has 0 aliphatic carbocycles. The van der Waals surface area contributed by atoms with E-state index in [0.29, 0.717) is 27.5 Å². The van der Waals surface area contributed by atoms with Crippen LogP contribution in [0.4, 0.5) is 17.2 Å². The summed E-state index contributed by atoms with van der Waals surface area (Å²) in [6, 6.07) is 11.7. The van der Waals surface area contributed by atoms with Crippen LogP contribution in [-0.2, 0) is 10.0 Å². The molecule has 0 amide bonds. The van der Waals surface area contributed by atoms with Crippen LogP contribution in [0.5, 0.6) is 0 Å². The van der Waals surface area contributed by atoms with Gasteiger partial charge in [-0.15, -0.1) is 11.3 Å². The zero-order valence-electron chi connectivity index (χ0n) is 15.1. The minimum Gasteiger partial charge on any atom is -0.340 e. The Morgan fingerprint density at radius 2 is 1.83 bits per heavy atom. The van der Waals surface area contributed by atoms with Crippen LogP contribution in [0.15, 0.2) is 65.4 Å². The Morgan fingerprint density at radius 1 is 1.07 bits per heavy atom. The summed E-state index contributed by atoms with van der Waals surface area (Å²) in [5, 5.41) is 3.19. The lowest BCUT2D eigenvalue weighted by atomic mass is 10.3. The van der Waals surface area contributed by atoms with Gasteiger partial charge in [0.1, 0.15) is 28.0 Å². The van der Waals surface area contributed by atoms with E-state index in [1.165, 1.54) is 6.07 Å². The Morgan fingerprint density at radius 3 is 2.48 bits per heavy atom. The van der Waals surface area contributed by atoms with Gasteiger partial charge in [0.15, 0.2) is 0 Å². The fourth-order valence-electron chi connectivity index (χ4n) is 2.56. The lowest BCUT2D eigenvalue weighted by molar-refractivity contribution is 0.603. The summed E-state index contributed by atoms with van der Waals surface area (Å²) in [5.41, 5.74) is 1.19. The maximum atomic E-state index is 12.4. The zero-order valence-corrected chi connectivity index (χ0v) is 17.5. The highest BCUT2D eigenvalue weighted by Crippen LogP contribution is 2.28. The van der Waals surface area contributed by atoms with E-state index < -0.39 is 10.0 Å². The molecular formula is C18H15ClN6O2S2. The average molecular weight is 447 g/mol. The molecule has 3 aromatic heterocycles. The number of thiophene rings is 1. The number of rotatable bonds is 6. The van der Waals surface area contributed by atoms with E-state index in [4.69, 9.17) is 11.6 Å². The normalized spacial score (nSPS) is 11.4. The molecule has 0 fully saturated rings. The maximum Gasteiger partial charge on any atom is 0.271 e. The molecule has 11 heteroatoms. The molecule has 3 heterocycles. The van der Waals surface area contributed by atoms with Crippen molar-refractivity contribution >= 4 is 50.2 Å². The van der Waals surface area contributed by atoms with Crippen LogP contribution in [-0.4, -0.2) is 27.9 Å². The molecular weight excluding hydrogens is 432 g/mol. The summed E-state index contributed by atoms with van der Waals surface area (Å²) >= 11 is 6.83. The third-order valence-electron chi connectivity index (χ3n) is 3.82. The minimum absolute atomic E-state index is 0.160. The number of sulfonamides is 1. The molecule has 148 valence electrons. The van der Waals surface area contributed by atoms with Crippen molar-refractivity contribution in [3.05, 3.63) is 71.3 Å². The molecule has 0 aliphatic heterocycles. The highest BCUT2D eigenvalue weighted by Gasteiger charge is 2.16. The first-order valence-electron chi connectivity index (χ1n) is 8.38. The van der Waals surface area contributed by atoms with Gasteiger partial charge < -0.3 is 5.32 Å². The van der Waals surface area contributed by atoms with Crippen molar-refractivity contribution in [2.45, 2.75) is 11.1 Å². The van der Waals surface area contributed by atoms with Crippen LogP contribution in [0.25, 0.3) is 5.82 Å². The fraction of sp³-hybridized carbons (Fsp3) is 0.0556. The molecule has 0 bridgehead atoms. The van der Waals surface area contributed by atoms with Crippen LogP contribution in [0.3, 0.4) is 0 Å². The predicted octanol–water partition coefficient (Wildman–Crippen LogP) is 4.23. The van der Waals surface area contributed by atoms with E-state index in [-0.39, 0.29) is 4.21 Å². The quantitative estimate of drug-likeness (QED) is 0.459. The number of anilines is 3. The number of nitrogens with one attached hydrogen (secondary N) is 2. The van der Waals surface area contributed by atoms with Crippen LogP contribution < -0.4 is 10.0 Å². The summed E-state index contributed by atoms with van der Waals surface area (Å²) < 4.78 is 29.7. The number of hydrogen-bond donors (Lipinski definition) is 2. The molecule has 29 heavy (non-hydrogen) atoms. The largest absolute Gasteiger partial charge is 0.340 e. The average Bonchev–Trinajstić information content (AvgIpc) is 3.35. The summed E-state index contributed by atoms with van der Waals surface area (Å²) in [4.78, 5) is 12.8. The van der Waals surface area contributed by atoms with Crippen LogP contribution in [0.1, 0.15) is 5.82 Å². The van der Waals surface area contributed by atoms with Crippen molar-refractivity contribution in [2.75, 3.05) is 10.0 Å². The number of nitrogens with zero attached hydrogens (tertiary/aromatic N) is 4. The number of hydrogen-bond acceptors (Lipinski definition) is 7. The standard InChI is InChI=1S/C18H15ClN6O2S2/c1-12-21-16(10-17(22-12)25-9-8-20-11-25)23-13-2-4-14(5-3-13)24-29(26,27)18-7-6-15(19)28-18/h2-11,24H,1H3,(H,21,22,23). The van der Waals surface area contributed by atoms with E-state index in [2.05, 4.69) is 25.0 Å². The van der Waals surface area contributed by atoms with Gasteiger partial charge in [0.05, 0.1) is 4.34 Å². The molecule has 1 aromatic carbocycles. The van der Waals surface area contributed by atoms with Gasteiger partial charge in [-0.1, -0.05) is 11.6 Å². The maximum absolute atomic E-state index is 12.4. The third-order valence-corrected chi connectivity index (χ3v) is 6.92. The molecule has 0 saturated heterocycles. The van der Waals surface area contributed by atoms with Crippen LogP contribution in [0, 0.1) is 6.92 Å². The van der Waals surface area contributed by atoms with E-state index in [0.717, 1.165) is 17.0 Å². The minimum atomic E-state index is -3.67. The Kier molecular flexibility index (Phi) is 5.22. The zero-order chi connectivity index (χ0) is 20.4. The molecule has 0 atom stereocenters. The molecule has 8 nitrogen and oxygen atoms in total. The topological polar surface area (TPSA) is 102 Å². The summed E-state index contributed by atoms with van der Waals surface area (Å²) in [6.07, 6.45) is 5.13. The van der Waals surface area contributed by atoms with Gasteiger partial charge in [-0.05, 0) is 43.3 Å². The smallest absolute Gasteiger partial charge is 0.271 e. The number of halogens is 1. The van der Waals surface area contributed by atoms with Crippen molar-refractivity contribution < 1.29 is 8.42 Å². The van der Waals surface area contributed by atoms with Gasteiger partial charge in [-0.3, -0.25) is 9.29 Å². The number of aryl methyl sites for hydroxylation is 1. The van der Waals surface area contributed by atoms with Crippen molar-refractivity contribution in [2.24, 2.45) is 0 Å². The van der Waals surface area contributed by atoms with Crippen LogP contribution >= 0.6 is 22.9 Å². The first-order valence-corrected chi connectivity index (χ1v) is 11.1. The second kappa shape index (κ2) is 7.82. The van der Waals surface area contributed by atoms with E-state index in [9.17, 15) is 8.42 Å². The molecule has 0 saturated carbocycles. The summed E-state index contributed by atoms with van der Waals surface area (Å²) in [6.45, 7) is 1.81. The van der Waals surface area contributed by atoms with Crippen molar-refractivity contribution in [1.82, 2.24) is 19.5 Å². The molecule has 0 spiro atoms. The van der Waals surface area contributed by atoms with Crippen molar-refractivity contribution in [1.29, 1.82) is 0 Å². The number of aromatic nitrogens is 4. The highest BCUT2D eigenvalue weighted by atomic mass is 35.5. The van der Waals surface area contributed by atoms with Crippen molar-refractivity contribution in [3.8, 4) is 5.82 Å².